The van der Waals surface area contributed by atoms with Crippen molar-refractivity contribution in [1.82, 2.24) is 4.90 Å². The number of amides is 1. The van der Waals surface area contributed by atoms with Gasteiger partial charge in [-0.2, -0.15) is 0 Å². The number of benzene rings is 2. The molecular formula is C20H25ClN2O3. The zero-order valence-corrected chi connectivity index (χ0v) is 16.4. The smallest absolute Gasteiger partial charge is 0.263 e. The number of carbonyl (C=O) groups is 1. The summed E-state index contributed by atoms with van der Waals surface area (Å²) in [6, 6.07) is 10.7. The van der Waals surface area contributed by atoms with E-state index in [0.29, 0.717) is 41.0 Å². The van der Waals surface area contributed by atoms with Crippen molar-refractivity contribution in [2.45, 2.75) is 13.8 Å². The van der Waals surface area contributed by atoms with Gasteiger partial charge in [-0.05, 0) is 63.8 Å². The van der Waals surface area contributed by atoms with Crippen LogP contribution < -0.4 is 14.8 Å². The van der Waals surface area contributed by atoms with Crippen LogP contribution in [-0.2, 0) is 0 Å². The fourth-order valence-corrected chi connectivity index (χ4v) is 2.50. The minimum Gasteiger partial charge on any atom is -0.493 e. The van der Waals surface area contributed by atoms with Crippen molar-refractivity contribution in [3.05, 3.63) is 52.5 Å². The Hall–Kier alpha value is -2.24. The van der Waals surface area contributed by atoms with E-state index in [4.69, 9.17) is 21.1 Å². The van der Waals surface area contributed by atoms with E-state index < -0.39 is 0 Å². The molecule has 0 fully saturated rings. The molecular weight excluding hydrogens is 352 g/mol. The Morgan fingerprint density at radius 2 is 1.85 bits per heavy atom. The molecule has 0 heterocycles. The Balaban J connectivity index is 2.27. The number of hydrogen-bond acceptors (Lipinski definition) is 4. The summed E-state index contributed by atoms with van der Waals surface area (Å²) in [5.74, 6) is 0.717. The molecule has 0 aliphatic heterocycles. The summed E-state index contributed by atoms with van der Waals surface area (Å²) in [7, 11) is 3.94. The molecule has 6 heteroatoms. The number of nitrogens with one attached hydrogen (secondary N) is 1. The van der Waals surface area contributed by atoms with Crippen molar-refractivity contribution in [1.29, 1.82) is 0 Å². The van der Waals surface area contributed by atoms with Gasteiger partial charge in [0.15, 0.2) is 0 Å². The van der Waals surface area contributed by atoms with Gasteiger partial charge in [0.2, 0.25) is 0 Å². The Labute approximate surface area is 159 Å². The van der Waals surface area contributed by atoms with Crippen LogP contribution in [0.5, 0.6) is 11.5 Å². The van der Waals surface area contributed by atoms with Gasteiger partial charge in [-0.15, -0.1) is 0 Å². The Bertz CT molecular complexity index is 763. The van der Waals surface area contributed by atoms with Gasteiger partial charge in [0.25, 0.3) is 5.91 Å². The fraction of sp³-hybridized carbons (Fsp3) is 0.350. The molecule has 0 saturated carbocycles. The highest BCUT2D eigenvalue weighted by atomic mass is 35.5. The molecule has 26 heavy (non-hydrogen) atoms. The van der Waals surface area contributed by atoms with Gasteiger partial charge in [0, 0.05) is 17.3 Å². The summed E-state index contributed by atoms with van der Waals surface area (Å²) >= 11 is 6.05. The monoisotopic (exact) mass is 376 g/mol. The highest BCUT2D eigenvalue weighted by Gasteiger charge is 2.19. The van der Waals surface area contributed by atoms with Crippen LogP contribution in [0.2, 0.25) is 5.02 Å². The molecule has 1 amide bonds. The molecule has 5 nitrogen and oxygen atoms in total. The number of anilines is 1. The Kier molecular flexibility index (Phi) is 7.30. The Morgan fingerprint density at radius 3 is 2.46 bits per heavy atom. The van der Waals surface area contributed by atoms with Crippen LogP contribution in [0.25, 0.3) is 0 Å². The molecule has 2 aromatic carbocycles. The maximum Gasteiger partial charge on any atom is 0.263 e. The number of rotatable bonds is 8. The van der Waals surface area contributed by atoms with Crippen LogP contribution in [0.3, 0.4) is 0 Å². The van der Waals surface area contributed by atoms with Crippen molar-refractivity contribution in [2.75, 3.05) is 39.2 Å². The number of carbonyl (C=O) groups excluding carboxylic acids is 1. The zero-order valence-electron chi connectivity index (χ0n) is 15.6. The summed E-state index contributed by atoms with van der Waals surface area (Å²) < 4.78 is 11.5. The molecule has 0 unspecified atom stereocenters. The van der Waals surface area contributed by atoms with E-state index in [2.05, 4.69) is 5.32 Å². The number of aryl methyl sites for hydroxylation is 1. The van der Waals surface area contributed by atoms with E-state index in [-0.39, 0.29) is 5.91 Å². The van der Waals surface area contributed by atoms with Crippen molar-refractivity contribution < 1.29 is 14.3 Å². The third-order valence-corrected chi connectivity index (χ3v) is 4.15. The van der Waals surface area contributed by atoms with Crippen LogP contribution in [0.15, 0.2) is 36.4 Å². The quantitative estimate of drug-likeness (QED) is 0.748. The van der Waals surface area contributed by atoms with Gasteiger partial charge in [0.05, 0.1) is 6.61 Å². The first-order valence-corrected chi connectivity index (χ1v) is 8.91. The molecule has 0 bridgehead atoms. The normalized spacial score (nSPS) is 10.7. The molecule has 0 aromatic heterocycles. The highest BCUT2D eigenvalue weighted by Crippen LogP contribution is 2.30. The van der Waals surface area contributed by atoms with Gasteiger partial charge in [-0.1, -0.05) is 17.7 Å². The van der Waals surface area contributed by atoms with Crippen molar-refractivity contribution >= 4 is 23.2 Å². The fourth-order valence-electron chi connectivity index (χ4n) is 2.39. The van der Waals surface area contributed by atoms with Crippen LogP contribution in [0.4, 0.5) is 5.69 Å². The maximum absolute atomic E-state index is 12.9. The van der Waals surface area contributed by atoms with E-state index >= 15 is 0 Å². The number of nitrogens with zero attached hydrogens (tertiary/aromatic N) is 1. The summed E-state index contributed by atoms with van der Waals surface area (Å²) in [4.78, 5) is 14.9. The lowest BCUT2D eigenvalue weighted by atomic mass is 10.1. The topological polar surface area (TPSA) is 50.8 Å². The first-order valence-electron chi connectivity index (χ1n) is 8.53. The summed E-state index contributed by atoms with van der Waals surface area (Å²) in [6.45, 7) is 5.45. The molecule has 2 rings (SSSR count). The van der Waals surface area contributed by atoms with E-state index in [1.807, 2.05) is 45.0 Å². The molecule has 2 aromatic rings. The molecule has 0 saturated heterocycles. The molecule has 140 valence electrons. The minimum absolute atomic E-state index is 0.282. The van der Waals surface area contributed by atoms with Gasteiger partial charge in [-0.25, -0.2) is 0 Å². The van der Waals surface area contributed by atoms with Crippen LogP contribution in [0.1, 0.15) is 22.8 Å². The first kappa shape index (κ1) is 20.1. The lowest BCUT2D eigenvalue weighted by Crippen LogP contribution is -2.21. The highest BCUT2D eigenvalue weighted by molar-refractivity contribution is 6.31. The first-order chi connectivity index (χ1) is 12.4. The standard InChI is InChI=1S/C20H25ClN2O3/c1-5-25-17-7-6-8-18(26-12-11-23(3)4)19(17)20(24)22-15-9-10-16(21)14(2)13-15/h6-10,13H,5,11-12H2,1-4H3,(H,22,24). The van der Waals surface area contributed by atoms with Crippen LogP contribution >= 0.6 is 11.6 Å². The summed E-state index contributed by atoms with van der Waals surface area (Å²) in [6.07, 6.45) is 0. The Morgan fingerprint density at radius 1 is 1.15 bits per heavy atom. The van der Waals surface area contributed by atoms with E-state index in [9.17, 15) is 4.79 Å². The third-order valence-electron chi connectivity index (χ3n) is 3.73. The lowest BCUT2D eigenvalue weighted by molar-refractivity contribution is 0.101. The van der Waals surface area contributed by atoms with Gasteiger partial charge < -0.3 is 19.7 Å². The van der Waals surface area contributed by atoms with E-state index in [1.165, 1.54) is 0 Å². The number of halogens is 1. The second-order valence-electron chi connectivity index (χ2n) is 6.13. The van der Waals surface area contributed by atoms with Gasteiger partial charge in [0.1, 0.15) is 23.7 Å². The number of likely N-dealkylation sites (N-methyl/N-ethyl adjacent to an activating group) is 1. The average Bonchev–Trinajstić information content (AvgIpc) is 2.58. The number of hydrogen-bond donors (Lipinski definition) is 1. The molecule has 0 spiro atoms. The van der Waals surface area contributed by atoms with Crippen molar-refractivity contribution in [2.24, 2.45) is 0 Å². The number of ether oxygens (including phenoxy) is 2. The third kappa shape index (κ3) is 5.38. The molecule has 0 aliphatic rings. The largest absolute Gasteiger partial charge is 0.493 e. The minimum atomic E-state index is -0.282. The zero-order chi connectivity index (χ0) is 19.1. The molecule has 0 atom stereocenters. The lowest BCUT2D eigenvalue weighted by Gasteiger charge is -2.17. The average molecular weight is 377 g/mol. The predicted octanol–water partition coefficient (Wildman–Crippen LogP) is 4.24. The van der Waals surface area contributed by atoms with Crippen LogP contribution in [-0.4, -0.2) is 44.7 Å². The van der Waals surface area contributed by atoms with Gasteiger partial charge >= 0.3 is 0 Å². The molecule has 0 radical (unpaired) electrons. The van der Waals surface area contributed by atoms with Crippen LogP contribution in [0, 0.1) is 6.92 Å². The van der Waals surface area contributed by atoms with E-state index in [0.717, 1.165) is 12.1 Å². The molecule has 0 aliphatic carbocycles. The molecule has 1 N–H and O–H groups in total. The van der Waals surface area contributed by atoms with Crippen molar-refractivity contribution in [3.63, 3.8) is 0 Å². The van der Waals surface area contributed by atoms with Crippen molar-refractivity contribution in [3.8, 4) is 11.5 Å². The predicted molar refractivity (Wildman–Crippen MR) is 106 cm³/mol. The summed E-state index contributed by atoms with van der Waals surface area (Å²) in [5.41, 5.74) is 1.95. The van der Waals surface area contributed by atoms with Gasteiger partial charge in [-0.3, -0.25) is 4.79 Å². The SMILES string of the molecule is CCOc1cccc(OCCN(C)C)c1C(=O)Nc1ccc(Cl)c(C)c1. The second kappa shape index (κ2) is 9.46. The summed E-state index contributed by atoms with van der Waals surface area (Å²) in [5, 5.41) is 3.55. The second-order valence-corrected chi connectivity index (χ2v) is 6.54. The van der Waals surface area contributed by atoms with E-state index in [1.54, 1.807) is 24.3 Å². The maximum atomic E-state index is 12.9.